The van der Waals surface area contributed by atoms with Gasteiger partial charge in [0.15, 0.2) is 6.61 Å². The molecule has 1 N–H and O–H groups in total. The summed E-state index contributed by atoms with van der Waals surface area (Å²) in [6.45, 7) is 5.80. The van der Waals surface area contributed by atoms with Crippen molar-refractivity contribution in [3.05, 3.63) is 63.1 Å². The summed E-state index contributed by atoms with van der Waals surface area (Å²) in [5.41, 5.74) is 2.69. The van der Waals surface area contributed by atoms with Crippen LogP contribution in [0.15, 0.2) is 36.4 Å². The number of aryl methyl sites for hydroxylation is 1. The number of amides is 2. The Kier molecular flexibility index (Phi) is 9.04. The molecule has 1 aliphatic rings. The largest absolute Gasteiger partial charge is 0.483 e. The number of halogens is 2. The van der Waals surface area contributed by atoms with Gasteiger partial charge in [-0.25, -0.2) is 0 Å². The van der Waals surface area contributed by atoms with Gasteiger partial charge in [-0.15, -0.1) is 0 Å². The average Bonchev–Trinajstić information content (AvgIpc) is 3.29. The van der Waals surface area contributed by atoms with Crippen LogP contribution in [0.5, 0.6) is 5.75 Å². The Balaban J connectivity index is 1.83. The van der Waals surface area contributed by atoms with Crippen molar-refractivity contribution in [2.45, 2.75) is 71.5 Å². The van der Waals surface area contributed by atoms with Gasteiger partial charge in [0.25, 0.3) is 5.91 Å². The molecule has 0 heterocycles. The Hall–Kier alpha value is -2.24. The Morgan fingerprint density at radius 1 is 1.09 bits per heavy atom. The molecular formula is C26H32Cl2N2O3. The third-order valence-corrected chi connectivity index (χ3v) is 7.09. The predicted octanol–water partition coefficient (Wildman–Crippen LogP) is 5.86. The number of benzene rings is 2. The first kappa shape index (κ1) is 25.4. The van der Waals surface area contributed by atoms with E-state index in [1.54, 1.807) is 23.1 Å². The number of ether oxygens (including phenoxy) is 1. The highest BCUT2D eigenvalue weighted by atomic mass is 35.5. The molecule has 2 aromatic carbocycles. The van der Waals surface area contributed by atoms with Crippen molar-refractivity contribution in [3.8, 4) is 5.75 Å². The molecule has 0 saturated heterocycles. The lowest BCUT2D eigenvalue weighted by atomic mass is 10.1. The third-order valence-electron chi connectivity index (χ3n) is 6.38. The maximum Gasteiger partial charge on any atom is 0.261 e. The Labute approximate surface area is 206 Å². The Bertz CT molecular complexity index is 969. The fourth-order valence-corrected chi connectivity index (χ4v) is 4.76. The van der Waals surface area contributed by atoms with Crippen molar-refractivity contribution < 1.29 is 14.3 Å². The molecule has 1 saturated carbocycles. The van der Waals surface area contributed by atoms with Gasteiger partial charge in [0.05, 0.1) is 0 Å². The van der Waals surface area contributed by atoms with Crippen LogP contribution >= 0.6 is 23.2 Å². The zero-order chi connectivity index (χ0) is 24.0. The lowest BCUT2D eigenvalue weighted by Crippen LogP contribution is -2.52. The van der Waals surface area contributed by atoms with Crippen LogP contribution in [0.25, 0.3) is 0 Å². The van der Waals surface area contributed by atoms with E-state index in [9.17, 15) is 9.59 Å². The standard InChI is InChI=1S/C26H32Cl2N2O3/c1-4-23(26(32)29-19-10-5-6-11-19)30(15-20-21(27)12-8-13-22(20)28)25(31)16-33-24-14-7-9-17(2)18(24)3/h7-9,12-14,19,23H,4-6,10-11,15-16H2,1-3H3,(H,29,32)/t23-/m1/s1. The molecule has 0 aliphatic heterocycles. The topological polar surface area (TPSA) is 58.6 Å². The second-order valence-electron chi connectivity index (χ2n) is 8.62. The van der Waals surface area contributed by atoms with E-state index in [1.807, 2.05) is 39.0 Å². The van der Waals surface area contributed by atoms with E-state index in [4.69, 9.17) is 27.9 Å². The van der Waals surface area contributed by atoms with E-state index in [-0.39, 0.29) is 31.0 Å². The van der Waals surface area contributed by atoms with Crippen LogP contribution in [0.2, 0.25) is 10.0 Å². The van der Waals surface area contributed by atoms with Crippen LogP contribution in [0.1, 0.15) is 55.7 Å². The Morgan fingerprint density at radius 3 is 2.36 bits per heavy atom. The molecule has 2 amide bonds. The van der Waals surface area contributed by atoms with Gasteiger partial charge in [-0.2, -0.15) is 0 Å². The summed E-state index contributed by atoms with van der Waals surface area (Å²) in [7, 11) is 0. The molecule has 1 atom stereocenters. The highest BCUT2D eigenvalue weighted by molar-refractivity contribution is 6.36. The summed E-state index contributed by atoms with van der Waals surface area (Å²) < 4.78 is 5.88. The summed E-state index contributed by atoms with van der Waals surface area (Å²) >= 11 is 12.8. The number of hydrogen-bond acceptors (Lipinski definition) is 3. The molecule has 0 unspecified atom stereocenters. The van der Waals surface area contributed by atoms with Crippen molar-refractivity contribution in [3.63, 3.8) is 0 Å². The van der Waals surface area contributed by atoms with Crippen molar-refractivity contribution in [2.24, 2.45) is 0 Å². The van der Waals surface area contributed by atoms with Gasteiger partial charge in [0.2, 0.25) is 5.91 Å². The van der Waals surface area contributed by atoms with Gasteiger partial charge in [-0.3, -0.25) is 9.59 Å². The number of nitrogens with zero attached hydrogens (tertiary/aromatic N) is 1. The maximum absolute atomic E-state index is 13.4. The van der Waals surface area contributed by atoms with Gasteiger partial charge in [-0.05, 0) is 62.4 Å². The molecular weight excluding hydrogens is 459 g/mol. The van der Waals surface area contributed by atoms with Crippen molar-refractivity contribution in [1.29, 1.82) is 0 Å². The molecule has 0 radical (unpaired) electrons. The van der Waals surface area contributed by atoms with E-state index in [0.717, 1.165) is 36.8 Å². The molecule has 1 aliphatic carbocycles. The van der Waals surface area contributed by atoms with Gasteiger partial charge >= 0.3 is 0 Å². The first-order valence-electron chi connectivity index (χ1n) is 11.5. The number of nitrogens with one attached hydrogen (secondary N) is 1. The van der Waals surface area contributed by atoms with Crippen LogP contribution in [-0.2, 0) is 16.1 Å². The first-order valence-corrected chi connectivity index (χ1v) is 12.3. The molecule has 5 nitrogen and oxygen atoms in total. The molecule has 0 spiro atoms. The van der Waals surface area contributed by atoms with E-state index >= 15 is 0 Å². The normalized spacial score (nSPS) is 14.7. The molecule has 7 heteroatoms. The van der Waals surface area contributed by atoms with Crippen molar-refractivity contribution in [2.75, 3.05) is 6.61 Å². The summed E-state index contributed by atoms with van der Waals surface area (Å²) in [5.74, 6) is 0.218. The van der Waals surface area contributed by atoms with E-state index in [1.165, 1.54) is 0 Å². The molecule has 1 fully saturated rings. The minimum atomic E-state index is -0.646. The van der Waals surface area contributed by atoms with Crippen LogP contribution in [0.4, 0.5) is 0 Å². The fraction of sp³-hybridized carbons (Fsp3) is 0.462. The fourth-order valence-electron chi connectivity index (χ4n) is 4.24. The number of carbonyl (C=O) groups is 2. The molecule has 0 bridgehead atoms. The predicted molar refractivity (Wildman–Crippen MR) is 133 cm³/mol. The minimum absolute atomic E-state index is 0.129. The summed E-state index contributed by atoms with van der Waals surface area (Å²) in [6.07, 6.45) is 4.65. The monoisotopic (exact) mass is 490 g/mol. The van der Waals surface area contributed by atoms with Crippen LogP contribution in [-0.4, -0.2) is 35.4 Å². The number of hydrogen-bond donors (Lipinski definition) is 1. The lowest BCUT2D eigenvalue weighted by molar-refractivity contribution is -0.143. The van der Waals surface area contributed by atoms with E-state index < -0.39 is 6.04 Å². The molecule has 2 aromatic rings. The van der Waals surface area contributed by atoms with Crippen LogP contribution in [0, 0.1) is 13.8 Å². The van der Waals surface area contributed by atoms with Gasteiger partial charge < -0.3 is 15.0 Å². The Morgan fingerprint density at radius 2 is 1.73 bits per heavy atom. The molecule has 178 valence electrons. The zero-order valence-electron chi connectivity index (χ0n) is 19.5. The molecule has 33 heavy (non-hydrogen) atoms. The second kappa shape index (κ2) is 11.8. The smallest absolute Gasteiger partial charge is 0.261 e. The number of rotatable bonds is 9. The maximum atomic E-state index is 13.4. The van der Waals surface area contributed by atoms with E-state index in [0.29, 0.717) is 27.8 Å². The summed E-state index contributed by atoms with van der Waals surface area (Å²) in [5, 5.41) is 4.05. The summed E-state index contributed by atoms with van der Waals surface area (Å²) in [4.78, 5) is 28.2. The quantitative estimate of drug-likeness (QED) is 0.479. The summed E-state index contributed by atoms with van der Waals surface area (Å²) in [6, 6.07) is 10.5. The van der Waals surface area contributed by atoms with Crippen molar-refractivity contribution >= 4 is 35.0 Å². The lowest BCUT2D eigenvalue weighted by Gasteiger charge is -2.32. The second-order valence-corrected chi connectivity index (χ2v) is 9.44. The minimum Gasteiger partial charge on any atom is -0.483 e. The van der Waals surface area contributed by atoms with Gasteiger partial charge in [0.1, 0.15) is 11.8 Å². The first-order chi connectivity index (χ1) is 15.8. The highest BCUT2D eigenvalue weighted by Gasteiger charge is 2.31. The number of carbonyl (C=O) groups excluding carboxylic acids is 2. The average molecular weight is 491 g/mol. The SMILES string of the molecule is CC[C@H](C(=O)NC1CCCC1)N(Cc1c(Cl)cccc1Cl)C(=O)COc1cccc(C)c1C. The van der Waals surface area contributed by atoms with Gasteiger partial charge in [-0.1, -0.05) is 61.2 Å². The van der Waals surface area contributed by atoms with Crippen LogP contribution in [0.3, 0.4) is 0 Å². The molecule has 3 rings (SSSR count). The zero-order valence-corrected chi connectivity index (χ0v) is 21.0. The third kappa shape index (κ3) is 6.42. The molecule has 0 aromatic heterocycles. The van der Waals surface area contributed by atoms with E-state index in [2.05, 4.69) is 5.32 Å². The highest BCUT2D eigenvalue weighted by Crippen LogP contribution is 2.28. The van der Waals surface area contributed by atoms with Gasteiger partial charge in [0, 0.05) is 28.2 Å². The van der Waals surface area contributed by atoms with Crippen LogP contribution < -0.4 is 10.1 Å². The van der Waals surface area contributed by atoms with Crippen molar-refractivity contribution in [1.82, 2.24) is 10.2 Å².